The second kappa shape index (κ2) is 7.22. The molecule has 1 heterocycles. The van der Waals surface area contributed by atoms with Gasteiger partial charge in [0.05, 0.1) is 18.0 Å². The minimum atomic E-state index is -0.215. The Labute approximate surface area is 120 Å². The van der Waals surface area contributed by atoms with Crippen LogP contribution in [0.15, 0.2) is 42.7 Å². The quantitative estimate of drug-likeness (QED) is 0.763. The van der Waals surface area contributed by atoms with Gasteiger partial charge in [-0.15, -0.1) is 0 Å². The largest absolute Gasteiger partial charge is 0.393 e. The van der Waals surface area contributed by atoms with Crippen molar-refractivity contribution in [3.63, 3.8) is 0 Å². The number of para-hydroxylation sites is 1. The average molecular weight is 273 g/mol. The van der Waals surface area contributed by atoms with Crippen LogP contribution in [0, 0.1) is 0 Å². The highest BCUT2D eigenvalue weighted by Crippen LogP contribution is 2.14. The van der Waals surface area contributed by atoms with Crippen molar-refractivity contribution in [3.05, 3.63) is 48.3 Å². The predicted octanol–water partition coefficient (Wildman–Crippen LogP) is 2.68. The van der Waals surface area contributed by atoms with Crippen molar-refractivity contribution in [2.45, 2.75) is 38.8 Å². The highest BCUT2D eigenvalue weighted by atomic mass is 16.3. The van der Waals surface area contributed by atoms with E-state index in [2.05, 4.69) is 23.5 Å². The second-order valence-electron chi connectivity index (χ2n) is 5.22. The van der Waals surface area contributed by atoms with E-state index in [1.807, 2.05) is 48.1 Å². The van der Waals surface area contributed by atoms with Crippen LogP contribution in [0.4, 0.5) is 0 Å². The molecule has 1 aromatic carbocycles. The summed E-state index contributed by atoms with van der Waals surface area (Å²) in [6.45, 7) is 4.87. The van der Waals surface area contributed by atoms with Gasteiger partial charge in [0.15, 0.2) is 0 Å². The van der Waals surface area contributed by atoms with Gasteiger partial charge in [0.1, 0.15) is 0 Å². The van der Waals surface area contributed by atoms with E-state index in [4.69, 9.17) is 0 Å². The van der Waals surface area contributed by atoms with Crippen LogP contribution in [0.25, 0.3) is 5.69 Å². The number of hydrogen-bond acceptors (Lipinski definition) is 3. The normalized spacial score (nSPS) is 14.2. The standard InChI is InChI=1S/C16H23N3O/c1-13(20)7-6-10-17-14(2)15-11-18-19(12-15)16-8-4-3-5-9-16/h3-5,8-9,11-14,17,20H,6-7,10H2,1-2H3. The molecule has 2 aromatic rings. The van der Waals surface area contributed by atoms with Crippen LogP contribution in [-0.2, 0) is 0 Å². The summed E-state index contributed by atoms with van der Waals surface area (Å²) in [4.78, 5) is 0. The molecule has 2 N–H and O–H groups in total. The van der Waals surface area contributed by atoms with Gasteiger partial charge in [-0.25, -0.2) is 4.68 Å². The van der Waals surface area contributed by atoms with Gasteiger partial charge in [-0.2, -0.15) is 5.10 Å². The number of nitrogens with one attached hydrogen (secondary N) is 1. The van der Waals surface area contributed by atoms with Gasteiger partial charge < -0.3 is 10.4 Å². The van der Waals surface area contributed by atoms with Gasteiger partial charge in [-0.3, -0.25) is 0 Å². The molecule has 0 spiro atoms. The maximum Gasteiger partial charge on any atom is 0.0645 e. The molecule has 1 aromatic heterocycles. The zero-order valence-electron chi connectivity index (χ0n) is 12.2. The van der Waals surface area contributed by atoms with Gasteiger partial charge in [0.2, 0.25) is 0 Å². The Kier molecular flexibility index (Phi) is 5.32. The molecule has 2 rings (SSSR count). The Hall–Kier alpha value is -1.65. The van der Waals surface area contributed by atoms with E-state index < -0.39 is 0 Å². The summed E-state index contributed by atoms with van der Waals surface area (Å²) in [5.41, 5.74) is 2.24. The van der Waals surface area contributed by atoms with Gasteiger partial charge in [-0.05, 0) is 45.4 Å². The van der Waals surface area contributed by atoms with E-state index >= 15 is 0 Å². The lowest BCUT2D eigenvalue weighted by Crippen LogP contribution is -2.20. The van der Waals surface area contributed by atoms with Gasteiger partial charge in [-0.1, -0.05) is 18.2 Å². The summed E-state index contributed by atoms with van der Waals surface area (Å²) in [5, 5.41) is 17.1. The van der Waals surface area contributed by atoms with Gasteiger partial charge in [0.25, 0.3) is 0 Å². The molecule has 0 fully saturated rings. The maximum atomic E-state index is 9.22. The average Bonchev–Trinajstić information content (AvgIpc) is 2.94. The van der Waals surface area contributed by atoms with Crippen molar-refractivity contribution in [1.82, 2.24) is 15.1 Å². The molecule has 0 aliphatic carbocycles. The molecule has 0 bridgehead atoms. The number of aliphatic hydroxyl groups is 1. The third-order valence-corrected chi connectivity index (χ3v) is 3.37. The maximum absolute atomic E-state index is 9.22. The van der Waals surface area contributed by atoms with Gasteiger partial charge >= 0.3 is 0 Å². The molecule has 20 heavy (non-hydrogen) atoms. The van der Waals surface area contributed by atoms with E-state index in [1.165, 1.54) is 5.56 Å². The number of rotatable bonds is 7. The van der Waals surface area contributed by atoms with E-state index in [-0.39, 0.29) is 12.1 Å². The molecular formula is C16H23N3O. The molecular weight excluding hydrogens is 250 g/mol. The van der Waals surface area contributed by atoms with Crippen LogP contribution in [0.3, 0.4) is 0 Å². The lowest BCUT2D eigenvalue weighted by Gasteiger charge is -2.12. The van der Waals surface area contributed by atoms with Crippen LogP contribution in [0.1, 0.15) is 38.3 Å². The monoisotopic (exact) mass is 273 g/mol. The molecule has 4 heteroatoms. The van der Waals surface area contributed by atoms with Crippen molar-refractivity contribution in [3.8, 4) is 5.69 Å². The number of aliphatic hydroxyl groups excluding tert-OH is 1. The van der Waals surface area contributed by atoms with Crippen molar-refractivity contribution in [2.75, 3.05) is 6.54 Å². The lowest BCUT2D eigenvalue weighted by atomic mass is 10.1. The predicted molar refractivity (Wildman–Crippen MR) is 80.9 cm³/mol. The lowest BCUT2D eigenvalue weighted by molar-refractivity contribution is 0.181. The third-order valence-electron chi connectivity index (χ3n) is 3.37. The first-order valence-electron chi connectivity index (χ1n) is 7.18. The number of nitrogens with zero attached hydrogens (tertiary/aromatic N) is 2. The smallest absolute Gasteiger partial charge is 0.0645 e. The molecule has 0 radical (unpaired) electrons. The van der Waals surface area contributed by atoms with Crippen LogP contribution >= 0.6 is 0 Å². The topological polar surface area (TPSA) is 50.1 Å². The fraction of sp³-hybridized carbons (Fsp3) is 0.438. The number of hydrogen-bond donors (Lipinski definition) is 2. The zero-order chi connectivity index (χ0) is 14.4. The SMILES string of the molecule is CC(O)CCCNC(C)c1cnn(-c2ccccc2)c1. The van der Waals surface area contributed by atoms with E-state index in [0.717, 1.165) is 25.1 Å². The highest BCUT2D eigenvalue weighted by Gasteiger charge is 2.08. The number of benzene rings is 1. The van der Waals surface area contributed by atoms with Crippen LogP contribution in [0.5, 0.6) is 0 Å². The van der Waals surface area contributed by atoms with Crippen LogP contribution in [-0.4, -0.2) is 27.5 Å². The van der Waals surface area contributed by atoms with Crippen molar-refractivity contribution in [1.29, 1.82) is 0 Å². The molecule has 0 amide bonds. The van der Waals surface area contributed by atoms with E-state index in [0.29, 0.717) is 0 Å². The number of aromatic nitrogens is 2. The minimum Gasteiger partial charge on any atom is -0.393 e. The Morgan fingerprint density at radius 2 is 2.00 bits per heavy atom. The van der Waals surface area contributed by atoms with Crippen molar-refractivity contribution in [2.24, 2.45) is 0 Å². The summed E-state index contributed by atoms with van der Waals surface area (Å²) < 4.78 is 1.89. The zero-order valence-corrected chi connectivity index (χ0v) is 12.2. The van der Waals surface area contributed by atoms with E-state index in [1.54, 1.807) is 0 Å². The van der Waals surface area contributed by atoms with Crippen molar-refractivity contribution >= 4 is 0 Å². The molecule has 108 valence electrons. The fourth-order valence-corrected chi connectivity index (χ4v) is 2.12. The molecule has 0 saturated heterocycles. The molecule has 0 aliphatic rings. The van der Waals surface area contributed by atoms with Crippen molar-refractivity contribution < 1.29 is 5.11 Å². The van der Waals surface area contributed by atoms with Gasteiger partial charge in [0, 0.05) is 17.8 Å². The highest BCUT2D eigenvalue weighted by molar-refractivity contribution is 5.31. The first-order valence-corrected chi connectivity index (χ1v) is 7.18. The molecule has 2 atom stereocenters. The molecule has 4 nitrogen and oxygen atoms in total. The minimum absolute atomic E-state index is 0.215. The summed E-state index contributed by atoms with van der Waals surface area (Å²) >= 11 is 0. The molecule has 2 unspecified atom stereocenters. The van der Waals surface area contributed by atoms with Crippen LogP contribution < -0.4 is 5.32 Å². The third kappa shape index (κ3) is 4.18. The summed E-state index contributed by atoms with van der Waals surface area (Å²) in [5.74, 6) is 0. The second-order valence-corrected chi connectivity index (χ2v) is 5.22. The van der Waals surface area contributed by atoms with E-state index in [9.17, 15) is 5.11 Å². The Balaban J connectivity index is 1.88. The summed E-state index contributed by atoms with van der Waals surface area (Å²) in [6.07, 6.45) is 5.56. The fourth-order valence-electron chi connectivity index (χ4n) is 2.12. The first kappa shape index (κ1) is 14.8. The van der Waals surface area contributed by atoms with Crippen LogP contribution in [0.2, 0.25) is 0 Å². The summed E-state index contributed by atoms with van der Waals surface area (Å²) in [6, 6.07) is 10.4. The summed E-state index contributed by atoms with van der Waals surface area (Å²) in [7, 11) is 0. The Morgan fingerprint density at radius 3 is 2.70 bits per heavy atom. The Morgan fingerprint density at radius 1 is 1.25 bits per heavy atom. The molecule has 0 aliphatic heterocycles. The molecule has 0 saturated carbocycles. The Bertz CT molecular complexity index is 507. The first-order chi connectivity index (χ1) is 9.66.